The van der Waals surface area contributed by atoms with Crippen molar-refractivity contribution < 1.29 is 31.1 Å². The third kappa shape index (κ3) is 7.14. The third-order valence-corrected chi connectivity index (χ3v) is 6.19. The van der Waals surface area contributed by atoms with Crippen LogP contribution in [0.4, 0.5) is 24.9 Å². The van der Waals surface area contributed by atoms with Crippen LogP contribution in [0.15, 0.2) is 59.6 Å². The molecule has 2 aromatic heterocycles. The van der Waals surface area contributed by atoms with Crippen LogP contribution in [0, 0.1) is 0 Å². The Morgan fingerprint density at radius 1 is 1.00 bits per heavy atom. The van der Waals surface area contributed by atoms with Gasteiger partial charge in [-0.15, -0.1) is 0 Å². The summed E-state index contributed by atoms with van der Waals surface area (Å²) in [5.74, 6) is -0.702. The van der Waals surface area contributed by atoms with E-state index in [4.69, 9.17) is 9.88 Å². The Morgan fingerprint density at radius 3 is 2.31 bits per heavy atom. The van der Waals surface area contributed by atoms with Gasteiger partial charge in [0.1, 0.15) is 6.54 Å². The Bertz CT molecular complexity index is 1600. The number of ether oxygens (including phenoxy) is 1. The maximum Gasteiger partial charge on any atom is 0.405 e. The number of nitrogens with zero attached hydrogens (tertiary/aromatic N) is 4. The number of esters is 1. The number of benzene rings is 2. The van der Waals surface area contributed by atoms with Crippen molar-refractivity contribution in [1.82, 2.24) is 19.9 Å². The average Bonchev–Trinajstić information content (AvgIpc) is 2.90. The fraction of sp³-hybridized carbons (Fsp3) is 0.208. The molecular formula is C24H22F3N7O4S. The van der Waals surface area contributed by atoms with Crippen molar-refractivity contribution in [3.8, 4) is 11.3 Å². The highest BCUT2D eigenvalue weighted by Crippen LogP contribution is 2.25. The predicted molar refractivity (Wildman–Crippen MR) is 136 cm³/mol. The Morgan fingerprint density at radius 2 is 1.69 bits per heavy atom. The first-order chi connectivity index (χ1) is 18.4. The van der Waals surface area contributed by atoms with Gasteiger partial charge in [0, 0.05) is 12.1 Å². The lowest BCUT2D eigenvalue weighted by molar-refractivity contribution is -0.115. The van der Waals surface area contributed by atoms with Crippen molar-refractivity contribution in [1.29, 1.82) is 0 Å². The van der Waals surface area contributed by atoms with Crippen molar-refractivity contribution in [2.45, 2.75) is 24.5 Å². The molecule has 0 aliphatic rings. The molecule has 0 radical (unpaired) electrons. The fourth-order valence-electron chi connectivity index (χ4n) is 3.40. The van der Waals surface area contributed by atoms with Crippen LogP contribution in [0.5, 0.6) is 0 Å². The van der Waals surface area contributed by atoms with Crippen LogP contribution in [0.1, 0.15) is 22.8 Å². The molecule has 0 aliphatic carbocycles. The lowest BCUT2D eigenvalue weighted by atomic mass is 10.1. The molecule has 15 heteroatoms. The lowest BCUT2D eigenvalue weighted by Gasteiger charge is -2.13. The normalized spacial score (nSPS) is 11.8. The number of hydrogen-bond acceptors (Lipinski definition) is 10. The molecule has 39 heavy (non-hydrogen) atoms. The second-order valence-corrected chi connectivity index (χ2v) is 9.69. The number of primary sulfonamides is 1. The number of rotatable bonds is 9. The Labute approximate surface area is 220 Å². The molecular weight excluding hydrogens is 539 g/mol. The van der Waals surface area contributed by atoms with Crippen LogP contribution >= 0.6 is 0 Å². The van der Waals surface area contributed by atoms with Crippen LogP contribution < -0.4 is 15.8 Å². The van der Waals surface area contributed by atoms with Crippen molar-refractivity contribution in [2.24, 2.45) is 5.14 Å². The van der Waals surface area contributed by atoms with Gasteiger partial charge in [0.2, 0.25) is 16.0 Å². The van der Waals surface area contributed by atoms with Crippen molar-refractivity contribution in [3.63, 3.8) is 0 Å². The molecule has 11 nitrogen and oxygen atoms in total. The van der Waals surface area contributed by atoms with E-state index >= 15 is 0 Å². The average molecular weight is 562 g/mol. The van der Waals surface area contributed by atoms with E-state index in [0.717, 1.165) is 0 Å². The van der Waals surface area contributed by atoms with Gasteiger partial charge in [0.15, 0.2) is 17.0 Å². The summed E-state index contributed by atoms with van der Waals surface area (Å²) < 4.78 is 66.8. The second kappa shape index (κ2) is 11.2. The summed E-state index contributed by atoms with van der Waals surface area (Å²) in [6.07, 6.45) is -3.12. The number of halogens is 3. The maximum absolute atomic E-state index is 13.0. The van der Waals surface area contributed by atoms with Crippen LogP contribution in [-0.4, -0.2) is 53.7 Å². The summed E-state index contributed by atoms with van der Waals surface area (Å²) in [6, 6.07) is 12.0. The molecule has 0 saturated carbocycles. The highest BCUT2D eigenvalue weighted by molar-refractivity contribution is 7.89. The minimum atomic E-state index is -4.52. The van der Waals surface area contributed by atoms with E-state index in [1.807, 2.05) is 0 Å². The third-order valence-electron chi connectivity index (χ3n) is 5.26. The number of hydrogen-bond donors (Lipinski definition) is 3. The molecule has 4 N–H and O–H groups in total. The Kier molecular flexibility index (Phi) is 7.92. The van der Waals surface area contributed by atoms with Crippen LogP contribution in [0.25, 0.3) is 22.4 Å². The number of nitrogens with two attached hydrogens (primary N) is 1. The summed E-state index contributed by atoms with van der Waals surface area (Å²) in [7, 11) is -3.85. The molecule has 2 heterocycles. The van der Waals surface area contributed by atoms with Crippen molar-refractivity contribution >= 4 is 38.9 Å². The van der Waals surface area contributed by atoms with Crippen LogP contribution in [-0.2, 0) is 21.3 Å². The minimum absolute atomic E-state index is 0.00859. The van der Waals surface area contributed by atoms with E-state index in [2.05, 4.69) is 30.6 Å². The zero-order valence-corrected chi connectivity index (χ0v) is 21.2. The van der Waals surface area contributed by atoms with Crippen molar-refractivity contribution in [3.05, 3.63) is 65.9 Å². The van der Waals surface area contributed by atoms with Gasteiger partial charge in [-0.3, -0.25) is 0 Å². The van der Waals surface area contributed by atoms with Gasteiger partial charge in [0.05, 0.1) is 29.0 Å². The van der Waals surface area contributed by atoms with Gasteiger partial charge in [-0.05, 0) is 36.8 Å². The molecule has 4 aromatic rings. The molecule has 0 spiro atoms. The molecule has 0 aliphatic heterocycles. The monoisotopic (exact) mass is 561 g/mol. The number of carbonyl (C=O) groups is 1. The van der Waals surface area contributed by atoms with E-state index < -0.39 is 28.7 Å². The summed E-state index contributed by atoms with van der Waals surface area (Å²) in [5.41, 5.74) is 1.91. The standard InChI is InChI=1S/C24H22F3N7O4S/c1-2-38-22(35)16-7-5-15(6-8-16)18-12-29-20-19(32-18)21(31-13-24(25,26)27)34-23(33-20)30-11-14-3-9-17(10-4-14)39(28,36)37/h3-10,12H,2,11,13H2,1H3,(H2,28,36,37)(H2,29,30,31,33,34). The number of nitrogens with one attached hydrogen (secondary N) is 2. The Hall–Kier alpha value is -4.37. The number of aromatic nitrogens is 4. The largest absolute Gasteiger partial charge is 0.462 e. The smallest absolute Gasteiger partial charge is 0.405 e. The molecule has 204 valence electrons. The number of alkyl halides is 3. The molecule has 4 rings (SSSR count). The molecule has 2 aromatic carbocycles. The van der Waals surface area contributed by atoms with E-state index in [-0.39, 0.29) is 41.0 Å². The molecule has 0 amide bonds. The van der Waals surface area contributed by atoms with Gasteiger partial charge in [-0.2, -0.15) is 23.1 Å². The van der Waals surface area contributed by atoms with Gasteiger partial charge in [-0.1, -0.05) is 24.3 Å². The maximum atomic E-state index is 13.0. The first-order valence-electron chi connectivity index (χ1n) is 11.4. The lowest BCUT2D eigenvalue weighted by Crippen LogP contribution is -2.22. The van der Waals surface area contributed by atoms with Crippen LogP contribution in [0.2, 0.25) is 0 Å². The van der Waals surface area contributed by atoms with Gasteiger partial charge < -0.3 is 15.4 Å². The fourth-order valence-corrected chi connectivity index (χ4v) is 3.92. The van der Waals surface area contributed by atoms with E-state index in [0.29, 0.717) is 22.4 Å². The number of carbonyl (C=O) groups excluding carboxylic acids is 1. The molecule has 0 atom stereocenters. The topological polar surface area (TPSA) is 162 Å². The molecule has 0 unspecified atom stereocenters. The van der Waals surface area contributed by atoms with Gasteiger partial charge >= 0.3 is 12.1 Å². The first kappa shape index (κ1) is 27.7. The first-order valence-corrected chi connectivity index (χ1v) is 13.0. The Balaban J connectivity index is 1.63. The zero-order valence-electron chi connectivity index (χ0n) is 20.4. The minimum Gasteiger partial charge on any atom is -0.462 e. The quantitative estimate of drug-likeness (QED) is 0.258. The van der Waals surface area contributed by atoms with E-state index in [1.54, 1.807) is 31.2 Å². The molecule has 0 bridgehead atoms. The summed E-state index contributed by atoms with van der Waals surface area (Å²) in [4.78, 5) is 28.9. The van der Waals surface area contributed by atoms with Gasteiger partial charge in [-0.25, -0.2) is 28.3 Å². The van der Waals surface area contributed by atoms with Gasteiger partial charge in [0.25, 0.3) is 0 Å². The molecule has 0 fully saturated rings. The predicted octanol–water partition coefficient (Wildman–Crippen LogP) is 3.50. The number of fused-ring (bicyclic) bond motifs is 1. The van der Waals surface area contributed by atoms with Crippen LogP contribution in [0.3, 0.4) is 0 Å². The molecule has 0 saturated heterocycles. The highest BCUT2D eigenvalue weighted by atomic mass is 32.2. The number of sulfonamides is 1. The number of anilines is 2. The van der Waals surface area contributed by atoms with E-state index in [9.17, 15) is 26.4 Å². The second-order valence-electron chi connectivity index (χ2n) is 8.13. The van der Waals surface area contributed by atoms with Crippen molar-refractivity contribution in [2.75, 3.05) is 23.8 Å². The summed E-state index contributed by atoms with van der Waals surface area (Å²) in [6.45, 7) is 0.686. The summed E-state index contributed by atoms with van der Waals surface area (Å²) in [5, 5.41) is 10.2. The van der Waals surface area contributed by atoms with E-state index in [1.165, 1.54) is 30.5 Å². The highest BCUT2D eigenvalue weighted by Gasteiger charge is 2.27. The zero-order chi connectivity index (χ0) is 28.2. The SMILES string of the molecule is CCOC(=O)c1ccc(-c2cnc3nc(NCc4ccc(S(N)(=O)=O)cc4)nc(NCC(F)(F)F)c3n2)cc1. The summed E-state index contributed by atoms with van der Waals surface area (Å²) >= 11 is 0.